The van der Waals surface area contributed by atoms with Gasteiger partial charge in [-0.25, -0.2) is 0 Å². The van der Waals surface area contributed by atoms with Crippen molar-refractivity contribution in [1.29, 1.82) is 0 Å². The minimum absolute atomic E-state index is 0.00171. The summed E-state index contributed by atoms with van der Waals surface area (Å²) in [6.45, 7) is 1.18. The number of hydrogen-bond acceptors (Lipinski definition) is 5. The third kappa shape index (κ3) is 4.18. The van der Waals surface area contributed by atoms with E-state index in [4.69, 9.17) is 5.73 Å². The average Bonchev–Trinajstić information content (AvgIpc) is 3.05. The lowest BCUT2D eigenvalue weighted by Crippen LogP contribution is -2.52. The van der Waals surface area contributed by atoms with Gasteiger partial charge in [0.1, 0.15) is 6.04 Å². The third-order valence-electron chi connectivity index (χ3n) is 6.61. The van der Waals surface area contributed by atoms with Crippen LogP contribution in [-0.4, -0.2) is 59.4 Å². The number of halogens is 3. The molecule has 1 aromatic rings. The third-order valence-corrected chi connectivity index (χ3v) is 6.61. The summed E-state index contributed by atoms with van der Waals surface area (Å²) >= 11 is 0. The number of hydrogen-bond donors (Lipinski definition) is 2. The Hall–Kier alpha value is -2.46. The van der Waals surface area contributed by atoms with Gasteiger partial charge < -0.3 is 10.6 Å². The Bertz CT molecular complexity index is 904. The summed E-state index contributed by atoms with van der Waals surface area (Å²) in [7, 11) is 0. The fraction of sp³-hybridized carbons (Fsp3) is 0.571. The number of rotatable bonds is 4. The zero-order valence-electron chi connectivity index (χ0n) is 17.0. The number of nitrogens with zero attached hydrogens (tertiary/aromatic N) is 2. The van der Waals surface area contributed by atoms with Crippen molar-refractivity contribution >= 4 is 17.7 Å². The van der Waals surface area contributed by atoms with Crippen LogP contribution in [0.4, 0.5) is 13.2 Å². The van der Waals surface area contributed by atoms with E-state index < -0.39 is 30.0 Å². The molecule has 3 heterocycles. The van der Waals surface area contributed by atoms with Gasteiger partial charge in [-0.3, -0.25) is 24.6 Å². The molecule has 31 heavy (non-hydrogen) atoms. The first-order valence-electron chi connectivity index (χ1n) is 10.4. The Morgan fingerprint density at radius 1 is 1.16 bits per heavy atom. The molecule has 2 saturated heterocycles. The van der Waals surface area contributed by atoms with E-state index in [0.29, 0.717) is 18.7 Å². The molecule has 3 atom stereocenters. The van der Waals surface area contributed by atoms with Crippen LogP contribution in [-0.2, 0) is 22.7 Å². The molecule has 4 rings (SSSR count). The van der Waals surface area contributed by atoms with Crippen LogP contribution < -0.4 is 11.1 Å². The number of benzene rings is 1. The largest absolute Gasteiger partial charge is 0.392 e. The van der Waals surface area contributed by atoms with Gasteiger partial charge in [-0.1, -0.05) is 12.1 Å². The van der Waals surface area contributed by atoms with Gasteiger partial charge in [0.05, 0.1) is 5.92 Å². The number of piperidine rings is 2. The summed E-state index contributed by atoms with van der Waals surface area (Å²) in [5.41, 5.74) is 7.79. The number of carbonyl (C=O) groups excluding carboxylic acids is 3. The van der Waals surface area contributed by atoms with Crippen molar-refractivity contribution in [3.63, 3.8) is 0 Å². The summed E-state index contributed by atoms with van der Waals surface area (Å²) in [6, 6.07) is 4.62. The smallest absolute Gasteiger partial charge is 0.330 e. The van der Waals surface area contributed by atoms with Crippen LogP contribution in [0.5, 0.6) is 0 Å². The molecule has 3 N–H and O–H groups in total. The predicted octanol–water partition coefficient (Wildman–Crippen LogP) is 1.41. The fourth-order valence-electron chi connectivity index (χ4n) is 4.96. The van der Waals surface area contributed by atoms with Crippen molar-refractivity contribution in [3.05, 3.63) is 34.9 Å². The number of nitrogens with one attached hydrogen (secondary N) is 1. The molecule has 2 fully saturated rings. The topological polar surface area (TPSA) is 95.7 Å². The van der Waals surface area contributed by atoms with Crippen molar-refractivity contribution in [3.8, 4) is 0 Å². The lowest BCUT2D eigenvalue weighted by atomic mass is 9.84. The van der Waals surface area contributed by atoms with E-state index in [-0.39, 0.29) is 50.7 Å². The van der Waals surface area contributed by atoms with E-state index in [2.05, 4.69) is 5.32 Å². The quantitative estimate of drug-likeness (QED) is 0.693. The molecule has 0 aromatic heterocycles. The highest BCUT2D eigenvalue weighted by atomic mass is 19.4. The molecule has 3 unspecified atom stereocenters. The van der Waals surface area contributed by atoms with E-state index in [1.165, 1.54) is 4.90 Å². The van der Waals surface area contributed by atoms with Crippen molar-refractivity contribution in [2.45, 2.75) is 44.6 Å². The summed E-state index contributed by atoms with van der Waals surface area (Å²) in [5.74, 6) is -3.13. The van der Waals surface area contributed by atoms with Gasteiger partial charge in [0.25, 0.3) is 5.91 Å². The van der Waals surface area contributed by atoms with Crippen LogP contribution in [0.2, 0.25) is 0 Å². The minimum atomic E-state index is -4.25. The van der Waals surface area contributed by atoms with E-state index in [9.17, 15) is 27.6 Å². The van der Waals surface area contributed by atoms with Crippen LogP contribution in [0.1, 0.15) is 40.7 Å². The normalized spacial score (nSPS) is 27.4. The highest BCUT2D eigenvalue weighted by Crippen LogP contribution is 2.38. The van der Waals surface area contributed by atoms with Crippen LogP contribution in [0, 0.1) is 11.8 Å². The van der Waals surface area contributed by atoms with Crippen molar-refractivity contribution in [2.24, 2.45) is 17.6 Å². The Kier molecular flexibility index (Phi) is 5.78. The maximum Gasteiger partial charge on any atom is 0.392 e. The maximum absolute atomic E-state index is 13.3. The minimum Gasteiger partial charge on any atom is -0.330 e. The van der Waals surface area contributed by atoms with Gasteiger partial charge in [0.2, 0.25) is 11.8 Å². The summed E-state index contributed by atoms with van der Waals surface area (Å²) < 4.78 is 39.8. The molecule has 1 aromatic carbocycles. The molecule has 3 aliphatic heterocycles. The second-order valence-corrected chi connectivity index (χ2v) is 8.51. The van der Waals surface area contributed by atoms with E-state index in [0.717, 1.165) is 11.1 Å². The van der Waals surface area contributed by atoms with Crippen molar-refractivity contribution < 1.29 is 27.6 Å². The number of fused-ring (bicyclic) bond motifs is 1. The number of nitrogens with two attached hydrogens (primary N) is 1. The van der Waals surface area contributed by atoms with Gasteiger partial charge in [-0.2, -0.15) is 13.2 Å². The monoisotopic (exact) mass is 438 g/mol. The predicted molar refractivity (Wildman–Crippen MR) is 104 cm³/mol. The van der Waals surface area contributed by atoms with Gasteiger partial charge in [-0.05, 0) is 49.0 Å². The second-order valence-electron chi connectivity index (χ2n) is 8.51. The Labute approximate surface area is 177 Å². The Morgan fingerprint density at radius 3 is 2.61 bits per heavy atom. The molecule has 168 valence electrons. The first-order chi connectivity index (χ1) is 14.7. The molecule has 0 bridgehead atoms. The van der Waals surface area contributed by atoms with Crippen LogP contribution in [0.25, 0.3) is 0 Å². The number of amides is 3. The zero-order valence-corrected chi connectivity index (χ0v) is 17.0. The molecule has 3 aliphatic rings. The molecule has 10 heteroatoms. The van der Waals surface area contributed by atoms with Gasteiger partial charge >= 0.3 is 6.18 Å². The molecule has 0 saturated carbocycles. The Morgan fingerprint density at radius 2 is 1.94 bits per heavy atom. The van der Waals surface area contributed by atoms with Gasteiger partial charge in [-0.15, -0.1) is 0 Å². The maximum atomic E-state index is 13.3. The van der Waals surface area contributed by atoms with Gasteiger partial charge in [0, 0.05) is 31.6 Å². The van der Waals surface area contributed by atoms with E-state index in [1.807, 2.05) is 11.0 Å². The Balaban J connectivity index is 1.49. The molecule has 3 amide bonds. The second kappa shape index (κ2) is 8.23. The number of alkyl halides is 3. The number of imide groups is 1. The van der Waals surface area contributed by atoms with Crippen molar-refractivity contribution in [1.82, 2.24) is 15.1 Å². The van der Waals surface area contributed by atoms with Crippen LogP contribution in [0.15, 0.2) is 18.2 Å². The zero-order chi connectivity index (χ0) is 22.3. The summed E-state index contributed by atoms with van der Waals surface area (Å²) in [5, 5.41) is 2.28. The molecule has 7 nitrogen and oxygen atoms in total. The van der Waals surface area contributed by atoms with E-state index in [1.54, 1.807) is 12.1 Å². The lowest BCUT2D eigenvalue weighted by Gasteiger charge is -2.39. The van der Waals surface area contributed by atoms with E-state index >= 15 is 0 Å². The first kappa shape index (κ1) is 21.8. The number of likely N-dealkylation sites (tertiary alicyclic amines) is 1. The molecule has 0 radical (unpaired) electrons. The first-order valence-corrected chi connectivity index (χ1v) is 10.4. The average molecular weight is 438 g/mol. The lowest BCUT2D eigenvalue weighted by molar-refractivity contribution is -0.199. The molecular formula is C21H25F3N4O3. The standard InChI is InChI=1S/C21H25F3N4O3/c22-21(23,24)16-6-7-27(10-13(16)8-25)9-12-2-1-3-14-15(12)11-28(20(14)31)17-4-5-18(29)26-19(17)30/h1-3,13,16-17H,4-11,25H2,(H,26,29,30). The molecule has 0 spiro atoms. The van der Waals surface area contributed by atoms with Crippen LogP contribution in [0.3, 0.4) is 0 Å². The SMILES string of the molecule is NCC1CN(Cc2cccc3c2CN(C2CCC(=O)NC2=O)C3=O)CCC1C(F)(F)F. The van der Waals surface area contributed by atoms with Crippen molar-refractivity contribution in [2.75, 3.05) is 19.6 Å². The highest BCUT2D eigenvalue weighted by Gasteiger charge is 2.46. The number of carbonyl (C=O) groups is 3. The summed E-state index contributed by atoms with van der Waals surface area (Å²) in [4.78, 5) is 40.0. The van der Waals surface area contributed by atoms with Crippen LogP contribution >= 0.6 is 0 Å². The summed E-state index contributed by atoms with van der Waals surface area (Å²) in [6.07, 6.45) is -3.79. The van der Waals surface area contributed by atoms with Gasteiger partial charge in [0.15, 0.2) is 0 Å². The molecular weight excluding hydrogens is 413 g/mol. The molecule has 0 aliphatic carbocycles. The fourth-order valence-corrected chi connectivity index (χ4v) is 4.96. The highest BCUT2D eigenvalue weighted by molar-refractivity contribution is 6.05.